The Labute approximate surface area is 187 Å². The first-order valence-corrected chi connectivity index (χ1v) is 12.0. The lowest BCUT2D eigenvalue weighted by atomic mass is 10.0. The molecule has 7 nitrogen and oxygen atoms in total. The van der Waals surface area contributed by atoms with E-state index in [1.165, 1.54) is 0 Å². The lowest BCUT2D eigenvalue weighted by Gasteiger charge is -2.15. The Morgan fingerprint density at radius 2 is 1.31 bits per heavy atom. The molecule has 0 aliphatic heterocycles. The van der Waals surface area contributed by atoms with Crippen LogP contribution < -0.4 is 5.32 Å². The van der Waals surface area contributed by atoms with Gasteiger partial charge in [-0.3, -0.25) is 9.36 Å². The van der Waals surface area contributed by atoms with Crippen molar-refractivity contribution in [2.24, 2.45) is 0 Å². The summed E-state index contributed by atoms with van der Waals surface area (Å²) < 4.78 is 22.7. The smallest absolute Gasteiger partial charge is 0.322 e. The summed E-state index contributed by atoms with van der Waals surface area (Å²) in [5, 5.41) is 2.87. The minimum Gasteiger partial charge on any atom is -0.322 e. The van der Waals surface area contributed by atoms with Crippen molar-refractivity contribution in [2.75, 3.05) is 18.5 Å². The van der Waals surface area contributed by atoms with Gasteiger partial charge in [0.15, 0.2) is 0 Å². The van der Waals surface area contributed by atoms with E-state index in [9.17, 15) is 9.36 Å². The third-order valence-corrected chi connectivity index (χ3v) is 5.83. The molecule has 3 aromatic rings. The van der Waals surface area contributed by atoms with Crippen LogP contribution in [0.2, 0.25) is 0 Å². The molecule has 0 aliphatic carbocycles. The number of rotatable bonds is 11. The lowest BCUT2D eigenvalue weighted by molar-refractivity contribution is -0.263. The highest BCUT2D eigenvalue weighted by Gasteiger charge is 2.28. The van der Waals surface area contributed by atoms with Gasteiger partial charge >= 0.3 is 7.60 Å². The van der Waals surface area contributed by atoms with Crippen molar-refractivity contribution in [3.63, 3.8) is 0 Å². The number of benzene rings is 3. The minimum atomic E-state index is -3.60. The molecule has 3 aromatic carbocycles. The molecule has 0 atom stereocenters. The normalized spacial score (nSPS) is 11.3. The van der Waals surface area contributed by atoms with Crippen LogP contribution in [0.5, 0.6) is 0 Å². The summed E-state index contributed by atoms with van der Waals surface area (Å²) in [6, 6.07) is 24.1. The summed E-state index contributed by atoms with van der Waals surface area (Å²) in [6.07, 6.45) is 0.00583. The molecule has 0 bridgehead atoms. The highest BCUT2D eigenvalue weighted by molar-refractivity contribution is 7.52. The van der Waals surface area contributed by atoms with E-state index >= 15 is 0 Å². The number of anilines is 1. The van der Waals surface area contributed by atoms with Gasteiger partial charge in [0, 0.05) is 11.3 Å². The average molecular weight is 455 g/mol. The number of hydrogen-bond acceptors (Lipinski definition) is 6. The van der Waals surface area contributed by atoms with Gasteiger partial charge in [0.1, 0.15) is 0 Å². The van der Waals surface area contributed by atoms with Crippen LogP contribution in [0, 0.1) is 0 Å². The van der Waals surface area contributed by atoms with Gasteiger partial charge in [0.05, 0.1) is 19.4 Å². The number of hydrogen-bond donors (Lipinski definition) is 1. The third kappa shape index (κ3) is 6.85. The maximum Gasteiger partial charge on any atom is 0.388 e. The summed E-state index contributed by atoms with van der Waals surface area (Å²) in [7, 11) is -3.60. The summed E-state index contributed by atoms with van der Waals surface area (Å²) in [6.45, 7) is 3.91. The Bertz CT molecular complexity index is 1030. The molecule has 0 fully saturated rings. The van der Waals surface area contributed by atoms with E-state index in [4.69, 9.17) is 19.1 Å². The Hall–Kier alpha value is -2.80. The zero-order valence-corrected chi connectivity index (χ0v) is 18.9. The zero-order chi connectivity index (χ0) is 22.8. The molecule has 0 saturated carbocycles. The van der Waals surface area contributed by atoms with Crippen LogP contribution in [-0.4, -0.2) is 19.1 Å². The van der Waals surface area contributed by atoms with Gasteiger partial charge < -0.3 is 5.32 Å². The Balaban J connectivity index is 1.66. The standard InChI is InChI=1S/C24H26NO6P/c1-3-28-30-32(27,31-29-4-2)18-19-10-12-20(13-11-19)21-14-16-22(17-15-21)24(26)25-23-8-6-5-7-9-23/h5-17H,3-4,18H2,1-2H3,(H,25,26). The summed E-state index contributed by atoms with van der Waals surface area (Å²) in [4.78, 5) is 22.1. The van der Waals surface area contributed by atoms with Gasteiger partial charge in [-0.1, -0.05) is 54.6 Å². The van der Waals surface area contributed by atoms with Crippen molar-refractivity contribution in [2.45, 2.75) is 20.0 Å². The van der Waals surface area contributed by atoms with Crippen molar-refractivity contribution in [3.8, 4) is 11.1 Å². The Morgan fingerprint density at radius 1 is 0.781 bits per heavy atom. The molecule has 1 amide bonds. The fraction of sp³-hybridized carbons (Fsp3) is 0.208. The topological polar surface area (TPSA) is 83.1 Å². The minimum absolute atomic E-state index is 0.00583. The van der Waals surface area contributed by atoms with Crippen LogP contribution in [0.4, 0.5) is 5.69 Å². The second kappa shape index (κ2) is 11.7. The van der Waals surface area contributed by atoms with E-state index in [0.717, 1.165) is 22.4 Å². The van der Waals surface area contributed by atoms with Crippen molar-refractivity contribution >= 4 is 19.2 Å². The van der Waals surface area contributed by atoms with E-state index in [-0.39, 0.29) is 25.3 Å². The third-order valence-electron chi connectivity index (χ3n) is 4.41. The number of amides is 1. The number of carbonyl (C=O) groups is 1. The maximum atomic E-state index is 12.8. The van der Waals surface area contributed by atoms with E-state index in [2.05, 4.69) is 5.32 Å². The predicted octanol–water partition coefficient (Wildman–Crippen LogP) is 6.24. The molecule has 0 unspecified atom stereocenters. The van der Waals surface area contributed by atoms with Gasteiger partial charge in [-0.05, 0) is 54.8 Å². The molecule has 3 rings (SSSR count). The second-order valence-electron chi connectivity index (χ2n) is 6.83. The highest BCUT2D eigenvalue weighted by Crippen LogP contribution is 2.52. The molecule has 0 saturated heterocycles. The van der Waals surface area contributed by atoms with E-state index in [1.807, 2.05) is 66.7 Å². The van der Waals surface area contributed by atoms with Crippen LogP contribution in [0.1, 0.15) is 29.8 Å². The SMILES string of the molecule is CCOOP(=O)(Cc1ccc(-c2ccc(C(=O)Nc3ccccc3)cc2)cc1)OOCC. The van der Waals surface area contributed by atoms with Gasteiger partial charge in [0.2, 0.25) is 0 Å². The molecule has 168 valence electrons. The monoisotopic (exact) mass is 455 g/mol. The van der Waals surface area contributed by atoms with Gasteiger partial charge in [-0.25, -0.2) is 9.78 Å². The number of para-hydroxylation sites is 1. The van der Waals surface area contributed by atoms with Crippen molar-refractivity contribution in [3.05, 3.63) is 90.0 Å². The largest absolute Gasteiger partial charge is 0.388 e. The molecule has 0 aliphatic rings. The second-order valence-corrected chi connectivity index (χ2v) is 8.66. The molecule has 0 heterocycles. The van der Waals surface area contributed by atoms with Crippen molar-refractivity contribution in [1.82, 2.24) is 0 Å². The first-order valence-electron chi connectivity index (χ1n) is 10.3. The highest BCUT2D eigenvalue weighted by atomic mass is 31.2. The number of carbonyl (C=O) groups excluding carboxylic acids is 1. The molecule has 0 radical (unpaired) electrons. The van der Waals surface area contributed by atoms with Crippen molar-refractivity contribution in [1.29, 1.82) is 0 Å². The molecule has 0 spiro atoms. The van der Waals surface area contributed by atoms with Crippen LogP contribution in [0.3, 0.4) is 0 Å². The molecular formula is C24H26NO6P. The lowest BCUT2D eigenvalue weighted by Crippen LogP contribution is -2.11. The summed E-state index contributed by atoms with van der Waals surface area (Å²) in [5.41, 5.74) is 3.96. The summed E-state index contributed by atoms with van der Waals surface area (Å²) in [5.74, 6) is -0.169. The average Bonchev–Trinajstić information content (AvgIpc) is 2.83. The van der Waals surface area contributed by atoms with E-state index < -0.39 is 7.60 Å². The molecule has 32 heavy (non-hydrogen) atoms. The van der Waals surface area contributed by atoms with Crippen LogP contribution in [-0.2, 0) is 29.9 Å². The molecule has 1 N–H and O–H groups in total. The number of nitrogens with one attached hydrogen (secondary N) is 1. The fourth-order valence-electron chi connectivity index (χ4n) is 2.90. The van der Waals surface area contributed by atoms with E-state index in [1.54, 1.807) is 26.0 Å². The first kappa shape index (κ1) is 23.9. The summed E-state index contributed by atoms with van der Waals surface area (Å²) >= 11 is 0. The molecule has 8 heteroatoms. The zero-order valence-electron chi connectivity index (χ0n) is 18.0. The van der Waals surface area contributed by atoms with E-state index in [0.29, 0.717) is 5.56 Å². The fourth-order valence-corrected chi connectivity index (χ4v) is 4.22. The quantitative estimate of drug-likeness (QED) is 0.209. The first-order chi connectivity index (χ1) is 15.5. The predicted molar refractivity (Wildman–Crippen MR) is 123 cm³/mol. The van der Waals surface area contributed by atoms with Crippen molar-refractivity contribution < 1.29 is 28.5 Å². The van der Waals surface area contributed by atoms with Gasteiger partial charge in [0.25, 0.3) is 5.91 Å². The van der Waals surface area contributed by atoms with Gasteiger partial charge in [-0.15, -0.1) is 9.35 Å². The van der Waals surface area contributed by atoms with Crippen LogP contribution in [0.25, 0.3) is 11.1 Å². The van der Waals surface area contributed by atoms with Crippen LogP contribution >= 0.6 is 7.60 Å². The van der Waals surface area contributed by atoms with Gasteiger partial charge in [-0.2, -0.15) is 0 Å². The Kier molecular flexibility index (Phi) is 8.73. The molecular weight excluding hydrogens is 429 g/mol. The molecule has 0 aromatic heterocycles. The maximum absolute atomic E-state index is 12.8. The van der Waals surface area contributed by atoms with Crippen LogP contribution in [0.15, 0.2) is 78.9 Å². The Morgan fingerprint density at radius 3 is 1.84 bits per heavy atom.